The molecule has 0 N–H and O–H groups in total. The number of hydrogen-bond acceptors (Lipinski definition) is 5. The highest BCUT2D eigenvalue weighted by Crippen LogP contribution is 2.12. The lowest BCUT2D eigenvalue weighted by Crippen LogP contribution is -2.12. The van der Waals surface area contributed by atoms with Crippen LogP contribution in [-0.4, -0.2) is 32.4 Å². The molecule has 92 valence electrons. The molecular weight excluding hydrogens is 339 g/mol. The first-order chi connectivity index (χ1) is 8.25. The molecule has 1 aromatic carbocycles. The molecular formula is C11H11IO5. The van der Waals surface area contributed by atoms with Crippen LogP contribution in [0, 0.1) is 3.57 Å². The molecule has 0 bridgehead atoms. The molecule has 0 aliphatic heterocycles. The molecule has 17 heavy (non-hydrogen) atoms. The van der Waals surface area contributed by atoms with Crippen LogP contribution in [0.3, 0.4) is 0 Å². The Labute approximate surface area is 112 Å². The zero-order chi connectivity index (χ0) is 12.5. The number of esters is 1. The zero-order valence-electron chi connectivity index (χ0n) is 8.93. The van der Waals surface area contributed by atoms with Crippen molar-refractivity contribution in [2.45, 2.75) is 0 Å². The molecule has 1 rings (SSSR count). The van der Waals surface area contributed by atoms with E-state index in [2.05, 4.69) is 27.3 Å². The molecule has 5 nitrogen and oxygen atoms in total. The van der Waals surface area contributed by atoms with Crippen molar-refractivity contribution in [1.82, 2.24) is 0 Å². The van der Waals surface area contributed by atoms with Crippen LogP contribution in [0.15, 0.2) is 24.3 Å². The van der Waals surface area contributed by atoms with E-state index < -0.39 is 5.97 Å². The minimum atomic E-state index is -0.439. The van der Waals surface area contributed by atoms with Crippen LogP contribution in [0.1, 0.15) is 10.4 Å². The van der Waals surface area contributed by atoms with Gasteiger partial charge in [-0.1, -0.05) is 12.1 Å². The summed E-state index contributed by atoms with van der Waals surface area (Å²) in [6.45, 7) is 0.509. The fraction of sp³-hybridized carbons (Fsp3) is 0.273. The van der Waals surface area contributed by atoms with E-state index in [4.69, 9.17) is 9.47 Å². The Morgan fingerprint density at radius 3 is 2.76 bits per heavy atom. The molecule has 1 aromatic rings. The van der Waals surface area contributed by atoms with Crippen LogP contribution in [0.2, 0.25) is 0 Å². The number of carbonyl (C=O) groups is 2. The summed E-state index contributed by atoms with van der Waals surface area (Å²) in [6, 6.07) is 7.10. The highest BCUT2D eigenvalue weighted by molar-refractivity contribution is 14.1. The number of hydrogen-bond donors (Lipinski definition) is 0. The number of benzene rings is 1. The molecule has 0 spiro atoms. The first-order valence-electron chi connectivity index (χ1n) is 4.80. The van der Waals surface area contributed by atoms with E-state index in [0.29, 0.717) is 12.0 Å². The second kappa shape index (κ2) is 8.02. The van der Waals surface area contributed by atoms with E-state index in [1.807, 2.05) is 12.1 Å². The SMILES string of the molecule is O=COCCOCOC(=O)c1ccccc1I. The highest BCUT2D eigenvalue weighted by Gasteiger charge is 2.09. The predicted octanol–water partition coefficient (Wildman–Crippen LogP) is 1.60. The Bertz CT molecular complexity index is 380. The third-order valence-corrected chi connectivity index (χ3v) is 2.72. The molecule has 0 atom stereocenters. The number of ether oxygens (including phenoxy) is 3. The standard InChI is InChI=1S/C11H11IO5/c12-10-4-2-1-3-9(10)11(14)17-8-16-6-5-15-7-13/h1-4,7H,5-6,8H2. The molecule has 0 fully saturated rings. The van der Waals surface area contributed by atoms with Gasteiger partial charge in [0.05, 0.1) is 12.2 Å². The summed E-state index contributed by atoms with van der Waals surface area (Å²) in [5, 5.41) is 0. The molecule has 0 aliphatic carbocycles. The fourth-order valence-electron chi connectivity index (χ4n) is 1.01. The summed E-state index contributed by atoms with van der Waals surface area (Å²) in [7, 11) is 0. The summed E-state index contributed by atoms with van der Waals surface area (Å²) >= 11 is 2.05. The zero-order valence-corrected chi connectivity index (χ0v) is 11.1. The van der Waals surface area contributed by atoms with Crippen LogP contribution in [-0.2, 0) is 19.0 Å². The highest BCUT2D eigenvalue weighted by atomic mass is 127. The van der Waals surface area contributed by atoms with Gasteiger partial charge >= 0.3 is 5.97 Å². The maximum Gasteiger partial charge on any atom is 0.341 e. The number of rotatable bonds is 7. The lowest BCUT2D eigenvalue weighted by Gasteiger charge is -2.06. The van der Waals surface area contributed by atoms with Gasteiger partial charge in [0.2, 0.25) is 0 Å². The van der Waals surface area contributed by atoms with E-state index in [1.165, 1.54) is 0 Å². The lowest BCUT2D eigenvalue weighted by molar-refractivity contribution is -0.131. The molecule has 0 heterocycles. The van der Waals surface area contributed by atoms with Gasteiger partial charge in [-0.2, -0.15) is 0 Å². The van der Waals surface area contributed by atoms with Gasteiger partial charge in [0.25, 0.3) is 6.47 Å². The van der Waals surface area contributed by atoms with Crippen molar-refractivity contribution in [3.8, 4) is 0 Å². The smallest absolute Gasteiger partial charge is 0.341 e. The van der Waals surface area contributed by atoms with Gasteiger partial charge in [0, 0.05) is 3.57 Å². The van der Waals surface area contributed by atoms with Crippen LogP contribution >= 0.6 is 22.6 Å². The Morgan fingerprint density at radius 2 is 2.06 bits per heavy atom. The van der Waals surface area contributed by atoms with E-state index in [-0.39, 0.29) is 20.0 Å². The van der Waals surface area contributed by atoms with Gasteiger partial charge < -0.3 is 14.2 Å². The molecule has 0 radical (unpaired) electrons. The van der Waals surface area contributed by atoms with Crippen LogP contribution in [0.5, 0.6) is 0 Å². The molecule has 0 amide bonds. The average Bonchev–Trinajstić information content (AvgIpc) is 2.34. The van der Waals surface area contributed by atoms with Crippen LogP contribution < -0.4 is 0 Å². The van der Waals surface area contributed by atoms with Gasteiger partial charge in [-0.3, -0.25) is 4.79 Å². The van der Waals surface area contributed by atoms with E-state index in [9.17, 15) is 9.59 Å². The Balaban J connectivity index is 2.26. The molecule has 0 saturated carbocycles. The van der Waals surface area contributed by atoms with Crippen molar-refractivity contribution in [1.29, 1.82) is 0 Å². The van der Waals surface area contributed by atoms with Gasteiger partial charge in [-0.25, -0.2) is 4.79 Å². The normalized spacial score (nSPS) is 9.71. The van der Waals surface area contributed by atoms with Gasteiger partial charge in [-0.15, -0.1) is 0 Å². The van der Waals surface area contributed by atoms with Crippen molar-refractivity contribution in [2.24, 2.45) is 0 Å². The summed E-state index contributed by atoms with van der Waals surface area (Å²) in [6.07, 6.45) is 0. The summed E-state index contributed by atoms with van der Waals surface area (Å²) < 4.78 is 15.0. The minimum Gasteiger partial charge on any atom is -0.465 e. The third-order valence-electron chi connectivity index (χ3n) is 1.78. The average molecular weight is 350 g/mol. The van der Waals surface area contributed by atoms with Gasteiger partial charge in [-0.05, 0) is 34.7 Å². The topological polar surface area (TPSA) is 61.8 Å². The van der Waals surface area contributed by atoms with Crippen molar-refractivity contribution in [3.63, 3.8) is 0 Å². The molecule has 6 heteroatoms. The van der Waals surface area contributed by atoms with Gasteiger partial charge in [0.15, 0.2) is 6.79 Å². The van der Waals surface area contributed by atoms with Crippen molar-refractivity contribution in [2.75, 3.05) is 20.0 Å². The first-order valence-corrected chi connectivity index (χ1v) is 5.88. The van der Waals surface area contributed by atoms with Crippen molar-refractivity contribution >= 4 is 35.0 Å². The molecule has 0 unspecified atom stereocenters. The Hall–Kier alpha value is -1.15. The second-order valence-corrected chi connectivity index (χ2v) is 4.07. The van der Waals surface area contributed by atoms with Crippen LogP contribution in [0.4, 0.5) is 0 Å². The molecule has 0 aliphatic rings. The summed E-state index contributed by atoms with van der Waals surface area (Å²) in [4.78, 5) is 21.4. The predicted molar refractivity (Wildman–Crippen MR) is 67.4 cm³/mol. The largest absolute Gasteiger partial charge is 0.465 e. The maximum atomic E-state index is 11.6. The van der Waals surface area contributed by atoms with E-state index in [1.54, 1.807) is 12.1 Å². The Kier molecular flexibility index (Phi) is 6.56. The van der Waals surface area contributed by atoms with Crippen molar-refractivity contribution in [3.05, 3.63) is 33.4 Å². The van der Waals surface area contributed by atoms with E-state index in [0.717, 1.165) is 3.57 Å². The maximum absolute atomic E-state index is 11.6. The third kappa shape index (κ3) is 5.14. The molecule has 0 aromatic heterocycles. The summed E-state index contributed by atoms with van der Waals surface area (Å²) in [5.41, 5.74) is 0.501. The first kappa shape index (κ1) is 13.9. The number of halogens is 1. The second-order valence-electron chi connectivity index (χ2n) is 2.90. The molecule has 0 saturated heterocycles. The van der Waals surface area contributed by atoms with Crippen molar-refractivity contribution < 1.29 is 23.8 Å². The quantitative estimate of drug-likeness (QED) is 0.246. The Morgan fingerprint density at radius 1 is 1.29 bits per heavy atom. The van der Waals surface area contributed by atoms with E-state index >= 15 is 0 Å². The van der Waals surface area contributed by atoms with Gasteiger partial charge in [0.1, 0.15) is 6.61 Å². The fourth-order valence-corrected chi connectivity index (χ4v) is 1.62. The minimum absolute atomic E-state index is 0.143. The summed E-state index contributed by atoms with van der Waals surface area (Å²) in [5.74, 6) is -0.439. The van der Waals surface area contributed by atoms with Crippen LogP contribution in [0.25, 0.3) is 0 Å². The monoisotopic (exact) mass is 350 g/mol. The number of carbonyl (C=O) groups excluding carboxylic acids is 2. The lowest BCUT2D eigenvalue weighted by atomic mass is 10.2.